The van der Waals surface area contributed by atoms with Crippen LogP contribution in [0.2, 0.25) is 0 Å². The molecule has 172 valence electrons. The van der Waals surface area contributed by atoms with Gasteiger partial charge in [-0.1, -0.05) is 56.3 Å². The lowest BCUT2D eigenvalue weighted by atomic mass is 10.1. The Morgan fingerprint density at radius 2 is 1.74 bits per heavy atom. The molecular weight excluding hydrogens is 450 g/mol. The van der Waals surface area contributed by atoms with Crippen molar-refractivity contribution in [1.29, 1.82) is 0 Å². The maximum absolute atomic E-state index is 13.5. The van der Waals surface area contributed by atoms with Crippen LogP contribution in [0.15, 0.2) is 87.1 Å². The van der Waals surface area contributed by atoms with E-state index in [1.54, 1.807) is 23.1 Å². The predicted molar refractivity (Wildman–Crippen MR) is 136 cm³/mol. The highest BCUT2D eigenvalue weighted by atomic mass is 32.2. The lowest BCUT2D eigenvalue weighted by Gasteiger charge is -2.19. The molecule has 4 rings (SSSR count). The molecule has 1 saturated heterocycles. The van der Waals surface area contributed by atoms with Gasteiger partial charge in [0.1, 0.15) is 10.7 Å². The Bertz CT molecular complexity index is 1320. The molecule has 1 aromatic heterocycles. The fourth-order valence-corrected chi connectivity index (χ4v) is 4.52. The summed E-state index contributed by atoms with van der Waals surface area (Å²) in [5.74, 6) is -0.170. The number of nitro groups is 1. The third-order valence-corrected chi connectivity index (χ3v) is 6.30. The van der Waals surface area contributed by atoms with E-state index in [1.165, 1.54) is 23.9 Å². The predicted octanol–water partition coefficient (Wildman–Crippen LogP) is 6.68. The second kappa shape index (κ2) is 10.4. The number of benzene rings is 2. The van der Waals surface area contributed by atoms with E-state index in [0.29, 0.717) is 15.8 Å². The molecule has 3 aromatic rings. The number of hydrogen-bond donors (Lipinski definition) is 0. The Morgan fingerprint density at radius 1 is 1.03 bits per heavy atom. The highest BCUT2D eigenvalue weighted by molar-refractivity contribution is 8.19. The van der Waals surface area contributed by atoms with Crippen molar-refractivity contribution in [3.8, 4) is 0 Å². The molecule has 0 atom stereocenters. The number of aliphatic imine (C=N–C) groups is 1. The lowest BCUT2D eigenvalue weighted by molar-refractivity contribution is -0.402. The third kappa shape index (κ3) is 4.87. The maximum atomic E-state index is 13.5. The largest absolute Gasteiger partial charge is 0.433 e. The summed E-state index contributed by atoms with van der Waals surface area (Å²) >= 11 is 1.30. The number of amides is 1. The molecule has 1 amide bonds. The van der Waals surface area contributed by atoms with E-state index in [2.05, 4.69) is 13.8 Å². The zero-order chi connectivity index (χ0) is 24.1. The van der Waals surface area contributed by atoms with Crippen molar-refractivity contribution >= 4 is 46.2 Å². The van der Waals surface area contributed by atoms with Gasteiger partial charge in [-0.2, -0.15) is 0 Å². The molecular formula is C26H23N3O4S. The number of furan rings is 1. The highest BCUT2D eigenvalue weighted by Crippen LogP contribution is 2.38. The van der Waals surface area contributed by atoms with Gasteiger partial charge in [0.2, 0.25) is 0 Å². The van der Waals surface area contributed by atoms with E-state index in [4.69, 9.17) is 9.41 Å². The average molecular weight is 474 g/mol. The van der Waals surface area contributed by atoms with Gasteiger partial charge >= 0.3 is 5.88 Å². The molecule has 0 spiro atoms. The second-order valence-corrected chi connectivity index (χ2v) is 8.43. The van der Waals surface area contributed by atoms with Crippen molar-refractivity contribution in [2.45, 2.75) is 26.7 Å². The number of aryl methyl sites for hydroxylation is 2. The molecule has 2 aromatic carbocycles. The Balaban J connectivity index is 1.72. The smallest absolute Gasteiger partial charge is 0.401 e. The number of para-hydroxylation sites is 2. The van der Waals surface area contributed by atoms with Crippen molar-refractivity contribution in [2.24, 2.45) is 4.99 Å². The van der Waals surface area contributed by atoms with Crippen molar-refractivity contribution in [1.82, 2.24) is 0 Å². The molecule has 0 saturated carbocycles. The van der Waals surface area contributed by atoms with Crippen molar-refractivity contribution in [3.63, 3.8) is 0 Å². The van der Waals surface area contributed by atoms with Crippen LogP contribution in [0.4, 0.5) is 17.3 Å². The topological polar surface area (TPSA) is 89.0 Å². The fraction of sp³-hybridized carbons (Fsp3) is 0.154. The third-order valence-electron chi connectivity index (χ3n) is 5.31. The zero-order valence-electron chi connectivity index (χ0n) is 18.8. The number of carbonyl (C=O) groups excluding carboxylic acids is 1. The number of thioether (sulfide) groups is 1. The summed E-state index contributed by atoms with van der Waals surface area (Å²) in [6.45, 7) is 4.13. The van der Waals surface area contributed by atoms with Gasteiger partial charge in [0.25, 0.3) is 5.91 Å². The first kappa shape index (κ1) is 23.3. The first-order chi connectivity index (χ1) is 16.5. The minimum absolute atomic E-state index is 0.172. The van der Waals surface area contributed by atoms with Crippen LogP contribution in [0.1, 0.15) is 30.7 Å². The first-order valence-electron chi connectivity index (χ1n) is 10.9. The van der Waals surface area contributed by atoms with Crippen molar-refractivity contribution < 1.29 is 14.1 Å². The van der Waals surface area contributed by atoms with Gasteiger partial charge in [-0.25, -0.2) is 4.99 Å². The monoisotopic (exact) mass is 473 g/mol. The summed E-state index contributed by atoms with van der Waals surface area (Å²) in [6, 6.07) is 18.5. The Kier molecular flexibility index (Phi) is 7.08. The summed E-state index contributed by atoms with van der Waals surface area (Å²) in [4.78, 5) is 30.7. The van der Waals surface area contributed by atoms with Crippen LogP contribution < -0.4 is 4.90 Å². The molecule has 1 aliphatic rings. The van der Waals surface area contributed by atoms with Crippen LogP contribution in [-0.2, 0) is 17.6 Å². The number of rotatable bonds is 7. The molecule has 0 radical (unpaired) electrons. The van der Waals surface area contributed by atoms with Crippen molar-refractivity contribution in [2.75, 3.05) is 4.90 Å². The minimum atomic E-state index is -0.591. The molecule has 0 unspecified atom stereocenters. The Hall–Kier alpha value is -3.91. The van der Waals surface area contributed by atoms with E-state index in [9.17, 15) is 14.9 Å². The molecule has 8 heteroatoms. The molecule has 0 N–H and O–H groups in total. The van der Waals surface area contributed by atoms with Gasteiger partial charge in [0.15, 0.2) is 5.17 Å². The molecule has 7 nitrogen and oxygen atoms in total. The van der Waals surface area contributed by atoms with Crippen LogP contribution in [0.3, 0.4) is 0 Å². The minimum Gasteiger partial charge on any atom is -0.401 e. The van der Waals surface area contributed by atoms with E-state index in [1.807, 2.05) is 48.5 Å². The molecule has 34 heavy (non-hydrogen) atoms. The number of hydrogen-bond acceptors (Lipinski definition) is 6. The lowest BCUT2D eigenvalue weighted by Crippen LogP contribution is -2.29. The zero-order valence-corrected chi connectivity index (χ0v) is 19.6. The van der Waals surface area contributed by atoms with Crippen LogP contribution in [-0.4, -0.2) is 16.0 Å². The second-order valence-electron chi connectivity index (χ2n) is 7.42. The summed E-state index contributed by atoms with van der Waals surface area (Å²) in [5.41, 5.74) is 3.79. The Labute approximate surface area is 201 Å². The van der Waals surface area contributed by atoms with Gasteiger partial charge in [0, 0.05) is 0 Å². The van der Waals surface area contributed by atoms with Gasteiger partial charge in [-0.15, -0.1) is 0 Å². The number of amidine groups is 1. The summed E-state index contributed by atoms with van der Waals surface area (Å²) in [5, 5.41) is 11.4. The fourth-order valence-electron chi connectivity index (χ4n) is 3.59. The van der Waals surface area contributed by atoms with Crippen LogP contribution >= 0.6 is 11.8 Å². The number of allylic oxidation sites excluding steroid dienone is 2. The molecule has 0 aliphatic carbocycles. The molecule has 1 aliphatic heterocycles. The summed E-state index contributed by atoms with van der Waals surface area (Å²) in [6.07, 6.45) is 6.52. The van der Waals surface area contributed by atoms with Crippen LogP contribution in [0.5, 0.6) is 0 Å². The summed E-state index contributed by atoms with van der Waals surface area (Å²) in [7, 11) is 0. The quantitative estimate of drug-likeness (QED) is 0.217. The molecule has 1 fully saturated rings. The average Bonchev–Trinajstić information content (AvgIpc) is 3.44. The molecule has 2 heterocycles. The Morgan fingerprint density at radius 3 is 2.44 bits per heavy atom. The van der Waals surface area contributed by atoms with E-state index >= 15 is 0 Å². The van der Waals surface area contributed by atoms with Gasteiger partial charge in [-0.3, -0.25) is 19.8 Å². The van der Waals surface area contributed by atoms with Gasteiger partial charge in [0.05, 0.1) is 22.3 Å². The van der Waals surface area contributed by atoms with E-state index in [-0.39, 0.29) is 11.8 Å². The van der Waals surface area contributed by atoms with E-state index in [0.717, 1.165) is 35.3 Å². The van der Waals surface area contributed by atoms with Crippen LogP contribution in [0.25, 0.3) is 6.08 Å². The van der Waals surface area contributed by atoms with E-state index < -0.39 is 4.92 Å². The maximum Gasteiger partial charge on any atom is 0.433 e. The highest BCUT2D eigenvalue weighted by Gasteiger charge is 2.35. The number of anilines is 1. The van der Waals surface area contributed by atoms with Crippen molar-refractivity contribution in [3.05, 3.63) is 105 Å². The van der Waals surface area contributed by atoms with Gasteiger partial charge in [-0.05, 0) is 66.1 Å². The van der Waals surface area contributed by atoms with Crippen LogP contribution in [0, 0.1) is 10.1 Å². The molecule has 0 bridgehead atoms. The normalized spacial score (nSPS) is 16.3. The van der Waals surface area contributed by atoms with Gasteiger partial charge < -0.3 is 4.42 Å². The number of carbonyl (C=O) groups is 1. The first-order valence-corrected chi connectivity index (χ1v) is 11.7. The standard InChI is InChI=1S/C26H23N3O4S/c1-3-18-10-5-7-13-21(18)27-26-28(22-14-8-6-11-19(22)4-2)25(30)23(34-26)15-9-12-20-16-17-24(33-20)29(31)32/h5-17H,3-4H2,1-2H3/b12-9+,23-15-,27-26?. The summed E-state index contributed by atoms with van der Waals surface area (Å²) < 4.78 is 5.14. The SMILES string of the molecule is CCc1ccccc1N=C1S/C(=C\C=C\c2ccc([N+](=O)[O-])o2)C(=O)N1c1ccccc1CC. The number of nitrogens with zero attached hydrogens (tertiary/aromatic N) is 3.